The highest BCUT2D eigenvalue weighted by Crippen LogP contribution is 2.18. The molecule has 1 aromatic carbocycles. The zero-order chi connectivity index (χ0) is 15.9. The van der Waals surface area contributed by atoms with Crippen LogP contribution in [0, 0.1) is 5.82 Å². The Hall–Kier alpha value is -1.88. The molecule has 1 fully saturated rings. The maximum Gasteiger partial charge on any atom is 0.331 e. The third kappa shape index (κ3) is 5.15. The summed E-state index contributed by atoms with van der Waals surface area (Å²) in [7, 11) is 0. The smallest absolute Gasteiger partial charge is 0.331 e. The van der Waals surface area contributed by atoms with Crippen molar-refractivity contribution in [1.29, 1.82) is 0 Å². The van der Waals surface area contributed by atoms with Gasteiger partial charge in [-0.3, -0.25) is 4.79 Å². The Balaban J connectivity index is 1.75. The molecule has 22 heavy (non-hydrogen) atoms. The van der Waals surface area contributed by atoms with Crippen molar-refractivity contribution in [3.05, 3.63) is 40.7 Å². The summed E-state index contributed by atoms with van der Waals surface area (Å²) in [5.41, 5.74) is 0.568. The van der Waals surface area contributed by atoms with Gasteiger partial charge in [-0.2, -0.15) is 0 Å². The van der Waals surface area contributed by atoms with Crippen LogP contribution in [0.3, 0.4) is 0 Å². The molecule has 6 heteroatoms. The zero-order valence-corrected chi connectivity index (χ0v) is 12.7. The lowest BCUT2D eigenvalue weighted by Gasteiger charge is -2.11. The predicted molar refractivity (Wildman–Crippen MR) is 81.8 cm³/mol. The van der Waals surface area contributed by atoms with Gasteiger partial charge < -0.3 is 10.1 Å². The summed E-state index contributed by atoms with van der Waals surface area (Å²) in [6.07, 6.45) is 6.81. The van der Waals surface area contributed by atoms with E-state index in [4.69, 9.17) is 16.3 Å². The molecule has 0 spiro atoms. The van der Waals surface area contributed by atoms with Gasteiger partial charge in [0.2, 0.25) is 0 Å². The van der Waals surface area contributed by atoms with E-state index in [0.29, 0.717) is 5.56 Å². The van der Waals surface area contributed by atoms with Gasteiger partial charge in [0.25, 0.3) is 5.91 Å². The number of hydrogen-bond donors (Lipinski definition) is 1. The molecule has 1 aliphatic carbocycles. The second-order valence-corrected chi connectivity index (χ2v) is 5.57. The molecule has 0 atom stereocenters. The summed E-state index contributed by atoms with van der Waals surface area (Å²) in [5.74, 6) is -1.45. The Morgan fingerprint density at radius 1 is 1.36 bits per heavy atom. The molecule has 0 bridgehead atoms. The van der Waals surface area contributed by atoms with Crippen LogP contribution in [-0.4, -0.2) is 24.5 Å². The molecule has 0 heterocycles. The fraction of sp³-hybridized carbons (Fsp3) is 0.375. The van der Waals surface area contributed by atoms with E-state index in [1.807, 2.05) is 0 Å². The molecule has 0 radical (unpaired) electrons. The minimum absolute atomic E-state index is 0.0218. The highest BCUT2D eigenvalue weighted by molar-refractivity contribution is 6.30. The van der Waals surface area contributed by atoms with E-state index in [0.717, 1.165) is 25.7 Å². The van der Waals surface area contributed by atoms with Crippen molar-refractivity contribution in [3.8, 4) is 0 Å². The van der Waals surface area contributed by atoms with Crippen molar-refractivity contribution in [1.82, 2.24) is 5.32 Å². The lowest BCUT2D eigenvalue weighted by atomic mass is 10.2. The number of halogens is 2. The Morgan fingerprint density at radius 2 is 2.09 bits per heavy atom. The second-order valence-electron chi connectivity index (χ2n) is 5.16. The minimum atomic E-state index is -0.637. The number of hydrogen-bond acceptors (Lipinski definition) is 3. The third-order valence-electron chi connectivity index (χ3n) is 3.42. The van der Waals surface area contributed by atoms with Gasteiger partial charge in [-0.15, -0.1) is 0 Å². The van der Waals surface area contributed by atoms with Crippen LogP contribution in [0.2, 0.25) is 5.02 Å². The number of esters is 1. The number of ether oxygens (including phenoxy) is 1. The van der Waals surface area contributed by atoms with Crippen molar-refractivity contribution in [2.45, 2.75) is 31.7 Å². The predicted octanol–water partition coefficient (Wildman–Crippen LogP) is 3.09. The van der Waals surface area contributed by atoms with Crippen molar-refractivity contribution < 1.29 is 18.7 Å². The van der Waals surface area contributed by atoms with Crippen molar-refractivity contribution in [2.75, 3.05) is 6.61 Å². The highest BCUT2D eigenvalue weighted by atomic mass is 35.5. The lowest BCUT2D eigenvalue weighted by molar-refractivity contribution is -0.144. The van der Waals surface area contributed by atoms with Crippen molar-refractivity contribution >= 4 is 29.6 Å². The fourth-order valence-electron chi connectivity index (χ4n) is 2.30. The summed E-state index contributed by atoms with van der Waals surface area (Å²) in [4.78, 5) is 23.1. The number of carbonyl (C=O) groups excluding carboxylic acids is 2. The number of amides is 1. The Labute approximate surface area is 133 Å². The van der Waals surface area contributed by atoms with E-state index >= 15 is 0 Å². The molecular weight excluding hydrogens is 309 g/mol. The topological polar surface area (TPSA) is 55.4 Å². The van der Waals surface area contributed by atoms with Crippen LogP contribution in [0.1, 0.15) is 31.2 Å². The number of carbonyl (C=O) groups is 2. The van der Waals surface area contributed by atoms with Crippen LogP contribution >= 0.6 is 11.6 Å². The van der Waals surface area contributed by atoms with E-state index in [1.165, 1.54) is 30.4 Å². The summed E-state index contributed by atoms with van der Waals surface area (Å²) >= 11 is 5.63. The van der Waals surface area contributed by atoms with E-state index in [-0.39, 0.29) is 23.6 Å². The maximum atomic E-state index is 13.0. The van der Waals surface area contributed by atoms with Gasteiger partial charge in [-0.25, -0.2) is 9.18 Å². The van der Waals surface area contributed by atoms with E-state index in [9.17, 15) is 14.0 Å². The van der Waals surface area contributed by atoms with Crippen LogP contribution < -0.4 is 5.32 Å². The summed E-state index contributed by atoms with van der Waals surface area (Å²) in [5, 5.41) is 2.80. The van der Waals surface area contributed by atoms with E-state index < -0.39 is 11.8 Å². The molecule has 0 aliphatic heterocycles. The minimum Gasteiger partial charge on any atom is -0.452 e. The summed E-state index contributed by atoms with van der Waals surface area (Å²) in [6.45, 7) is -0.302. The van der Waals surface area contributed by atoms with Gasteiger partial charge in [0.1, 0.15) is 5.82 Å². The molecule has 0 aromatic heterocycles. The van der Waals surface area contributed by atoms with Crippen molar-refractivity contribution in [2.24, 2.45) is 0 Å². The first kappa shape index (κ1) is 16.5. The first-order chi connectivity index (χ1) is 10.5. The largest absolute Gasteiger partial charge is 0.452 e. The number of benzene rings is 1. The average Bonchev–Trinajstić information content (AvgIpc) is 2.99. The van der Waals surface area contributed by atoms with Crippen LogP contribution in [0.15, 0.2) is 24.3 Å². The lowest BCUT2D eigenvalue weighted by Crippen LogP contribution is -2.35. The monoisotopic (exact) mass is 325 g/mol. The third-order valence-corrected chi connectivity index (χ3v) is 3.71. The van der Waals surface area contributed by atoms with Crippen LogP contribution in [0.25, 0.3) is 6.08 Å². The molecular formula is C16H17ClFNO3. The van der Waals surface area contributed by atoms with Gasteiger partial charge in [-0.1, -0.05) is 30.5 Å². The first-order valence-electron chi connectivity index (χ1n) is 7.14. The van der Waals surface area contributed by atoms with Gasteiger partial charge >= 0.3 is 5.97 Å². The molecule has 1 saturated carbocycles. The van der Waals surface area contributed by atoms with Crippen LogP contribution in [-0.2, 0) is 14.3 Å². The molecule has 1 aromatic rings. The maximum absolute atomic E-state index is 13.0. The fourth-order valence-corrected chi connectivity index (χ4v) is 2.49. The Kier molecular flexibility index (Phi) is 5.95. The standard InChI is InChI=1S/C16H17ClFNO3/c17-13-9-11(5-7-14(13)18)6-8-16(21)22-10-15(20)19-12-3-1-2-4-12/h5-9,12H,1-4,10H2,(H,19,20)/b8-6+. The number of rotatable bonds is 5. The molecule has 2 rings (SSSR count). The van der Waals surface area contributed by atoms with Crippen LogP contribution in [0.4, 0.5) is 4.39 Å². The molecule has 1 N–H and O–H groups in total. The quantitative estimate of drug-likeness (QED) is 0.668. The molecule has 118 valence electrons. The molecule has 4 nitrogen and oxygen atoms in total. The normalized spacial score (nSPS) is 15.2. The molecule has 1 amide bonds. The van der Waals surface area contributed by atoms with Gasteiger partial charge in [-0.05, 0) is 36.6 Å². The summed E-state index contributed by atoms with van der Waals surface area (Å²) < 4.78 is 17.8. The number of nitrogens with one attached hydrogen (secondary N) is 1. The Morgan fingerprint density at radius 3 is 2.77 bits per heavy atom. The zero-order valence-electron chi connectivity index (χ0n) is 12.0. The van der Waals surface area contributed by atoms with E-state index in [1.54, 1.807) is 0 Å². The van der Waals surface area contributed by atoms with Crippen LogP contribution in [0.5, 0.6) is 0 Å². The van der Waals surface area contributed by atoms with Gasteiger partial charge in [0.15, 0.2) is 6.61 Å². The second kappa shape index (κ2) is 7.94. The van der Waals surface area contributed by atoms with Gasteiger partial charge in [0.05, 0.1) is 5.02 Å². The summed E-state index contributed by atoms with van der Waals surface area (Å²) in [6, 6.07) is 4.29. The van der Waals surface area contributed by atoms with Gasteiger partial charge in [0, 0.05) is 12.1 Å². The SMILES string of the molecule is O=C(COC(=O)/C=C/c1ccc(F)c(Cl)c1)NC1CCCC1. The Bertz CT molecular complexity index is 583. The van der Waals surface area contributed by atoms with Crippen molar-refractivity contribution in [3.63, 3.8) is 0 Å². The molecule has 1 aliphatic rings. The molecule has 0 unspecified atom stereocenters. The molecule has 0 saturated heterocycles. The van der Waals surface area contributed by atoms with E-state index in [2.05, 4.69) is 5.32 Å². The highest BCUT2D eigenvalue weighted by Gasteiger charge is 2.17. The first-order valence-corrected chi connectivity index (χ1v) is 7.51. The average molecular weight is 326 g/mol.